The first kappa shape index (κ1) is 14.9. The van der Waals surface area contributed by atoms with Crippen LogP contribution in [0, 0.1) is 0 Å². The fraction of sp³-hybridized carbons (Fsp3) is 0.417. The average Bonchev–Trinajstić information content (AvgIpc) is 2.87. The zero-order valence-corrected chi connectivity index (χ0v) is 12.9. The summed E-state index contributed by atoms with van der Waals surface area (Å²) in [5.74, 6) is 0.566. The Labute approximate surface area is 124 Å². The number of nitrogens with zero attached hydrogens (tertiary/aromatic N) is 4. The maximum absolute atomic E-state index is 11.4. The van der Waals surface area contributed by atoms with Gasteiger partial charge in [0, 0.05) is 34.4 Å². The molecule has 2 atom stereocenters. The van der Waals surface area contributed by atoms with Crippen LogP contribution < -0.4 is 5.73 Å². The zero-order valence-electron chi connectivity index (χ0n) is 11.3. The van der Waals surface area contributed by atoms with Crippen molar-refractivity contribution in [3.05, 3.63) is 23.2 Å². The molecule has 0 bridgehead atoms. The van der Waals surface area contributed by atoms with Crippen molar-refractivity contribution in [2.75, 3.05) is 12.0 Å². The van der Waals surface area contributed by atoms with E-state index in [1.807, 2.05) is 13.0 Å². The minimum atomic E-state index is -0.859. The Morgan fingerprint density at radius 1 is 1.50 bits per heavy atom. The molecule has 20 heavy (non-hydrogen) atoms. The van der Waals surface area contributed by atoms with Crippen LogP contribution in [0.25, 0.3) is 11.4 Å². The molecular weight excluding hydrogens is 298 g/mol. The number of hydrogen-bond donors (Lipinski definition) is 1. The lowest BCUT2D eigenvalue weighted by molar-refractivity contribution is 0.556. The lowest BCUT2D eigenvalue weighted by atomic mass is 10.2. The van der Waals surface area contributed by atoms with E-state index >= 15 is 0 Å². The van der Waals surface area contributed by atoms with Crippen LogP contribution in [0.3, 0.4) is 0 Å². The smallest absolute Gasteiger partial charge is 0.183 e. The van der Waals surface area contributed by atoms with Crippen molar-refractivity contribution in [3.8, 4) is 11.4 Å². The second-order valence-corrected chi connectivity index (χ2v) is 6.71. The van der Waals surface area contributed by atoms with Crippen LogP contribution in [0.15, 0.2) is 18.2 Å². The monoisotopic (exact) mass is 313 g/mol. The summed E-state index contributed by atoms with van der Waals surface area (Å²) in [7, 11) is -0.859. The average molecular weight is 314 g/mol. The van der Waals surface area contributed by atoms with E-state index < -0.39 is 10.8 Å². The van der Waals surface area contributed by atoms with Gasteiger partial charge in [0.15, 0.2) is 5.82 Å². The van der Waals surface area contributed by atoms with Gasteiger partial charge in [0.25, 0.3) is 0 Å². The molecule has 0 saturated heterocycles. The van der Waals surface area contributed by atoms with Gasteiger partial charge in [-0.05, 0) is 29.0 Å². The minimum absolute atomic E-state index is 0.0864. The molecule has 0 saturated carbocycles. The third-order valence-corrected chi connectivity index (χ3v) is 4.91. The second kappa shape index (κ2) is 6.32. The summed E-state index contributed by atoms with van der Waals surface area (Å²) in [6.45, 7) is 2.52. The van der Waals surface area contributed by atoms with Gasteiger partial charge in [0.1, 0.15) is 0 Å². The van der Waals surface area contributed by atoms with Gasteiger partial charge in [-0.3, -0.25) is 4.21 Å². The van der Waals surface area contributed by atoms with Crippen LogP contribution in [0.4, 0.5) is 5.69 Å². The molecule has 0 aliphatic carbocycles. The molecule has 0 aliphatic rings. The van der Waals surface area contributed by atoms with Crippen LogP contribution in [-0.4, -0.2) is 35.9 Å². The molecular formula is C12H16ClN5OS. The quantitative estimate of drug-likeness (QED) is 0.849. The predicted octanol–water partition coefficient (Wildman–Crippen LogP) is 1.73. The van der Waals surface area contributed by atoms with E-state index in [0.29, 0.717) is 28.6 Å². The van der Waals surface area contributed by atoms with Gasteiger partial charge >= 0.3 is 0 Å². The summed E-state index contributed by atoms with van der Waals surface area (Å²) in [5, 5.41) is 12.2. The third kappa shape index (κ3) is 3.16. The molecule has 2 rings (SSSR count). The van der Waals surface area contributed by atoms with E-state index in [1.54, 1.807) is 23.1 Å². The van der Waals surface area contributed by atoms with E-state index in [2.05, 4.69) is 15.5 Å². The molecule has 2 N–H and O–H groups in total. The largest absolute Gasteiger partial charge is 0.398 e. The molecule has 2 aromatic rings. The van der Waals surface area contributed by atoms with Gasteiger partial charge in [-0.15, -0.1) is 5.10 Å². The maximum Gasteiger partial charge on any atom is 0.183 e. The first-order valence-electron chi connectivity index (χ1n) is 6.13. The van der Waals surface area contributed by atoms with Crippen LogP contribution in [0.5, 0.6) is 0 Å². The predicted molar refractivity (Wildman–Crippen MR) is 80.8 cm³/mol. The lowest BCUT2D eigenvalue weighted by Gasteiger charge is -2.10. The van der Waals surface area contributed by atoms with Gasteiger partial charge < -0.3 is 5.73 Å². The van der Waals surface area contributed by atoms with Crippen molar-refractivity contribution >= 4 is 28.1 Å². The topological polar surface area (TPSA) is 86.7 Å². The van der Waals surface area contributed by atoms with Gasteiger partial charge in [-0.1, -0.05) is 24.6 Å². The highest BCUT2D eigenvalue weighted by Gasteiger charge is 2.15. The Balaban J connectivity index is 2.25. The van der Waals surface area contributed by atoms with Crippen LogP contribution in [0.1, 0.15) is 13.3 Å². The first-order valence-corrected chi connectivity index (χ1v) is 8.13. The molecule has 0 radical (unpaired) electrons. The SMILES string of the molecule is CC(CCn1nnnc1-c1cccc(N)c1Cl)S(C)=O. The fourth-order valence-electron chi connectivity index (χ4n) is 1.74. The van der Waals surface area contributed by atoms with Crippen molar-refractivity contribution in [1.29, 1.82) is 0 Å². The Hall–Kier alpha value is -1.47. The lowest BCUT2D eigenvalue weighted by Crippen LogP contribution is -2.14. The number of anilines is 1. The number of halogens is 1. The van der Waals surface area contributed by atoms with Crippen molar-refractivity contribution in [3.63, 3.8) is 0 Å². The van der Waals surface area contributed by atoms with Crippen molar-refractivity contribution in [1.82, 2.24) is 20.2 Å². The molecule has 1 aromatic heterocycles. The second-order valence-electron chi connectivity index (χ2n) is 4.53. The molecule has 6 nitrogen and oxygen atoms in total. The summed E-state index contributed by atoms with van der Waals surface area (Å²) in [5.41, 5.74) is 6.97. The van der Waals surface area contributed by atoms with E-state index in [4.69, 9.17) is 17.3 Å². The number of tetrazole rings is 1. The van der Waals surface area contributed by atoms with Crippen molar-refractivity contribution < 1.29 is 4.21 Å². The molecule has 1 heterocycles. The summed E-state index contributed by atoms with van der Waals surface area (Å²) in [4.78, 5) is 0. The van der Waals surface area contributed by atoms with Crippen molar-refractivity contribution in [2.45, 2.75) is 25.1 Å². The number of nitrogens with two attached hydrogens (primary N) is 1. The van der Waals surface area contributed by atoms with Gasteiger partial charge in [0.05, 0.1) is 10.7 Å². The highest BCUT2D eigenvalue weighted by Crippen LogP contribution is 2.30. The molecule has 0 spiro atoms. The Bertz CT molecular complexity index is 630. The molecule has 8 heteroatoms. The number of hydrogen-bond acceptors (Lipinski definition) is 5. The standard InChI is InChI=1S/C12H16ClN5OS/c1-8(20(2)19)6-7-18-12(15-16-17-18)9-4-3-5-10(14)11(9)13/h3-5,8H,6-7,14H2,1-2H3. The Morgan fingerprint density at radius 3 is 2.95 bits per heavy atom. The number of nitrogen functional groups attached to an aromatic ring is 1. The van der Waals surface area contributed by atoms with Crippen LogP contribution in [-0.2, 0) is 17.3 Å². The number of benzene rings is 1. The van der Waals surface area contributed by atoms with E-state index in [9.17, 15) is 4.21 Å². The van der Waals surface area contributed by atoms with E-state index in [0.717, 1.165) is 6.42 Å². The number of aryl methyl sites for hydroxylation is 1. The molecule has 0 fully saturated rings. The fourth-order valence-corrected chi connectivity index (χ4v) is 2.39. The van der Waals surface area contributed by atoms with Gasteiger partial charge in [-0.2, -0.15) is 0 Å². The highest BCUT2D eigenvalue weighted by atomic mass is 35.5. The Morgan fingerprint density at radius 2 is 2.25 bits per heavy atom. The maximum atomic E-state index is 11.4. The van der Waals surface area contributed by atoms with Crippen molar-refractivity contribution in [2.24, 2.45) is 0 Å². The van der Waals surface area contributed by atoms with E-state index in [1.165, 1.54) is 0 Å². The number of aromatic nitrogens is 4. The van der Waals surface area contributed by atoms with Crippen LogP contribution >= 0.6 is 11.6 Å². The van der Waals surface area contributed by atoms with E-state index in [-0.39, 0.29) is 5.25 Å². The zero-order chi connectivity index (χ0) is 14.7. The first-order chi connectivity index (χ1) is 9.50. The molecule has 0 amide bonds. The summed E-state index contributed by atoms with van der Waals surface area (Å²) < 4.78 is 13.0. The molecule has 108 valence electrons. The van der Waals surface area contributed by atoms with Gasteiger partial charge in [0.2, 0.25) is 0 Å². The molecule has 1 aromatic carbocycles. The third-order valence-electron chi connectivity index (χ3n) is 3.12. The number of rotatable bonds is 5. The van der Waals surface area contributed by atoms with Crippen LogP contribution in [0.2, 0.25) is 5.02 Å². The summed E-state index contributed by atoms with van der Waals surface area (Å²) in [6.07, 6.45) is 2.42. The summed E-state index contributed by atoms with van der Waals surface area (Å²) in [6, 6.07) is 5.35. The Kier molecular flexibility index (Phi) is 4.72. The van der Waals surface area contributed by atoms with Gasteiger partial charge in [-0.25, -0.2) is 4.68 Å². The normalized spacial score (nSPS) is 14.2. The molecule has 2 unspecified atom stereocenters. The minimum Gasteiger partial charge on any atom is -0.398 e. The highest BCUT2D eigenvalue weighted by molar-refractivity contribution is 7.84. The molecule has 0 aliphatic heterocycles. The summed E-state index contributed by atoms with van der Waals surface area (Å²) >= 11 is 6.19.